The van der Waals surface area contributed by atoms with Gasteiger partial charge in [0, 0.05) is 10.6 Å². The van der Waals surface area contributed by atoms with Crippen LogP contribution in [-0.2, 0) is 4.74 Å². The molecule has 3 rings (SSSR count). The van der Waals surface area contributed by atoms with Crippen molar-refractivity contribution in [1.82, 2.24) is 4.98 Å². The average Bonchev–Trinajstić information content (AvgIpc) is 3.21. The molecule has 0 radical (unpaired) electrons. The smallest absolute Gasteiger partial charge is 0.412 e. The van der Waals surface area contributed by atoms with Crippen molar-refractivity contribution in [3.05, 3.63) is 58.1 Å². The number of benzene rings is 2. The number of aromatic nitrogens is 1. The second-order valence-electron chi connectivity index (χ2n) is 6.33. The standard InChI is InChI=1S/C23H20ClN3O4S/c1-4-31-23(28)27-22-20(15-6-8-17(24)9-7-15)26-21(32-22)16(13-25)11-14-5-10-18(29-2)19(12-14)30-3/h5-12H,4H2,1-3H3,(H,27,28)/b16-11+. The summed E-state index contributed by atoms with van der Waals surface area (Å²) < 4.78 is 15.6. The number of nitriles is 1. The molecule has 0 spiro atoms. The summed E-state index contributed by atoms with van der Waals surface area (Å²) in [6, 6.07) is 14.6. The summed E-state index contributed by atoms with van der Waals surface area (Å²) in [6.45, 7) is 1.95. The molecule has 0 atom stereocenters. The predicted octanol–water partition coefficient (Wildman–Crippen LogP) is 6.11. The Morgan fingerprint density at radius 3 is 2.53 bits per heavy atom. The third-order valence-corrected chi connectivity index (χ3v) is 5.56. The topological polar surface area (TPSA) is 93.5 Å². The van der Waals surface area contributed by atoms with Crippen molar-refractivity contribution in [2.45, 2.75) is 6.92 Å². The Hall–Kier alpha value is -3.54. The van der Waals surface area contributed by atoms with Gasteiger partial charge in [0.1, 0.15) is 21.8 Å². The number of amides is 1. The summed E-state index contributed by atoms with van der Waals surface area (Å²) in [7, 11) is 3.10. The number of nitrogens with zero attached hydrogens (tertiary/aromatic N) is 2. The number of carbonyl (C=O) groups excluding carboxylic acids is 1. The highest BCUT2D eigenvalue weighted by Crippen LogP contribution is 2.37. The van der Waals surface area contributed by atoms with Gasteiger partial charge < -0.3 is 14.2 Å². The first-order chi connectivity index (χ1) is 15.5. The van der Waals surface area contributed by atoms with Crippen molar-refractivity contribution in [2.24, 2.45) is 0 Å². The van der Waals surface area contributed by atoms with E-state index in [1.165, 1.54) is 11.3 Å². The minimum atomic E-state index is -0.597. The molecule has 7 nitrogen and oxygen atoms in total. The lowest BCUT2D eigenvalue weighted by Crippen LogP contribution is -2.12. The number of allylic oxidation sites excluding steroid dienone is 1. The lowest BCUT2D eigenvalue weighted by molar-refractivity contribution is 0.168. The molecular formula is C23H20ClN3O4S. The fourth-order valence-corrected chi connectivity index (χ4v) is 3.90. The van der Waals surface area contributed by atoms with E-state index in [0.29, 0.717) is 37.8 Å². The van der Waals surface area contributed by atoms with E-state index < -0.39 is 6.09 Å². The van der Waals surface area contributed by atoms with Crippen LogP contribution in [0.1, 0.15) is 17.5 Å². The SMILES string of the molecule is CCOC(=O)Nc1sc(/C(C#N)=C/c2ccc(OC)c(OC)c2)nc1-c1ccc(Cl)cc1. The zero-order valence-corrected chi connectivity index (χ0v) is 19.2. The van der Waals surface area contributed by atoms with Gasteiger partial charge >= 0.3 is 6.09 Å². The number of anilines is 1. The zero-order valence-electron chi connectivity index (χ0n) is 17.6. The van der Waals surface area contributed by atoms with Gasteiger partial charge in [0.05, 0.1) is 26.4 Å². The molecule has 1 amide bonds. The van der Waals surface area contributed by atoms with E-state index >= 15 is 0 Å². The van der Waals surface area contributed by atoms with Crippen molar-refractivity contribution in [1.29, 1.82) is 5.26 Å². The van der Waals surface area contributed by atoms with Crippen LogP contribution < -0.4 is 14.8 Å². The van der Waals surface area contributed by atoms with Crippen LogP contribution in [0.5, 0.6) is 11.5 Å². The quantitative estimate of drug-likeness (QED) is 0.419. The fraction of sp³-hybridized carbons (Fsp3) is 0.174. The summed E-state index contributed by atoms with van der Waals surface area (Å²) in [5.41, 5.74) is 2.33. The number of hydrogen-bond acceptors (Lipinski definition) is 7. The molecule has 164 valence electrons. The summed E-state index contributed by atoms with van der Waals surface area (Å²) in [6.07, 6.45) is 1.10. The summed E-state index contributed by atoms with van der Waals surface area (Å²) in [5.74, 6) is 1.13. The maximum Gasteiger partial charge on any atom is 0.412 e. The molecule has 1 N–H and O–H groups in total. The van der Waals surface area contributed by atoms with Crippen LogP contribution in [0.25, 0.3) is 22.9 Å². The third kappa shape index (κ3) is 5.38. The maximum atomic E-state index is 12.0. The van der Waals surface area contributed by atoms with E-state index in [1.54, 1.807) is 63.6 Å². The van der Waals surface area contributed by atoms with Gasteiger partial charge in [-0.3, -0.25) is 5.32 Å². The van der Waals surface area contributed by atoms with Crippen molar-refractivity contribution in [2.75, 3.05) is 26.1 Å². The van der Waals surface area contributed by atoms with Gasteiger partial charge in [-0.25, -0.2) is 9.78 Å². The van der Waals surface area contributed by atoms with Crippen molar-refractivity contribution >= 4 is 45.7 Å². The Morgan fingerprint density at radius 2 is 1.91 bits per heavy atom. The highest BCUT2D eigenvalue weighted by atomic mass is 35.5. The normalized spacial score (nSPS) is 10.9. The lowest BCUT2D eigenvalue weighted by Gasteiger charge is -2.07. The van der Waals surface area contributed by atoms with Crippen LogP contribution in [0, 0.1) is 11.3 Å². The van der Waals surface area contributed by atoms with Gasteiger partial charge in [-0.15, -0.1) is 0 Å². The van der Waals surface area contributed by atoms with Crippen LogP contribution in [0.3, 0.4) is 0 Å². The maximum absolute atomic E-state index is 12.0. The largest absolute Gasteiger partial charge is 0.493 e. The molecule has 3 aromatic rings. The minimum Gasteiger partial charge on any atom is -0.493 e. The number of carbonyl (C=O) groups is 1. The molecule has 32 heavy (non-hydrogen) atoms. The molecule has 0 bridgehead atoms. The molecule has 0 aliphatic heterocycles. The van der Waals surface area contributed by atoms with Crippen LogP contribution in [-0.4, -0.2) is 31.9 Å². The number of nitrogens with one attached hydrogen (secondary N) is 1. The number of halogens is 1. The number of ether oxygens (including phenoxy) is 3. The van der Waals surface area contributed by atoms with Gasteiger partial charge in [0.25, 0.3) is 0 Å². The molecule has 1 aromatic heterocycles. The van der Waals surface area contributed by atoms with Gasteiger partial charge in [-0.1, -0.05) is 41.1 Å². The highest BCUT2D eigenvalue weighted by molar-refractivity contribution is 7.17. The Kier molecular flexibility index (Phi) is 7.71. The predicted molar refractivity (Wildman–Crippen MR) is 126 cm³/mol. The van der Waals surface area contributed by atoms with E-state index in [-0.39, 0.29) is 6.61 Å². The summed E-state index contributed by atoms with van der Waals surface area (Å²) in [4.78, 5) is 16.7. The number of thiazole rings is 1. The first-order valence-corrected chi connectivity index (χ1v) is 10.7. The monoisotopic (exact) mass is 469 g/mol. The highest BCUT2D eigenvalue weighted by Gasteiger charge is 2.18. The molecule has 0 fully saturated rings. The average molecular weight is 470 g/mol. The molecular weight excluding hydrogens is 450 g/mol. The van der Waals surface area contributed by atoms with Crippen LogP contribution in [0.2, 0.25) is 5.02 Å². The number of hydrogen-bond donors (Lipinski definition) is 1. The Labute approximate surface area is 194 Å². The van der Waals surface area contributed by atoms with E-state index in [1.807, 2.05) is 6.07 Å². The molecule has 1 heterocycles. The second kappa shape index (κ2) is 10.7. The van der Waals surface area contributed by atoms with Gasteiger partial charge in [0.15, 0.2) is 11.5 Å². The van der Waals surface area contributed by atoms with Gasteiger partial charge in [-0.2, -0.15) is 5.26 Å². The third-order valence-electron chi connectivity index (χ3n) is 4.31. The Bertz CT molecular complexity index is 1180. The first kappa shape index (κ1) is 23.1. The van der Waals surface area contributed by atoms with Crippen LogP contribution >= 0.6 is 22.9 Å². The van der Waals surface area contributed by atoms with E-state index in [0.717, 1.165) is 11.1 Å². The van der Waals surface area contributed by atoms with E-state index in [2.05, 4.69) is 16.4 Å². The summed E-state index contributed by atoms with van der Waals surface area (Å²) in [5, 5.41) is 14.0. The molecule has 2 aromatic carbocycles. The molecule has 0 saturated heterocycles. The van der Waals surface area contributed by atoms with Crippen molar-refractivity contribution < 1.29 is 19.0 Å². The molecule has 0 aliphatic carbocycles. The Balaban J connectivity index is 2.05. The number of rotatable bonds is 7. The van der Waals surface area contributed by atoms with Crippen molar-refractivity contribution in [3.8, 4) is 28.8 Å². The fourth-order valence-electron chi connectivity index (χ4n) is 2.83. The van der Waals surface area contributed by atoms with Crippen LogP contribution in [0.15, 0.2) is 42.5 Å². The molecule has 0 saturated carbocycles. The summed E-state index contributed by atoms with van der Waals surface area (Å²) >= 11 is 7.18. The van der Waals surface area contributed by atoms with E-state index in [9.17, 15) is 10.1 Å². The Morgan fingerprint density at radius 1 is 1.19 bits per heavy atom. The van der Waals surface area contributed by atoms with E-state index in [4.69, 9.17) is 25.8 Å². The minimum absolute atomic E-state index is 0.233. The molecule has 0 aliphatic rings. The van der Waals surface area contributed by atoms with Gasteiger partial charge in [-0.05, 0) is 42.8 Å². The molecule has 9 heteroatoms. The lowest BCUT2D eigenvalue weighted by atomic mass is 10.1. The first-order valence-electron chi connectivity index (χ1n) is 9.53. The molecule has 0 unspecified atom stereocenters. The van der Waals surface area contributed by atoms with Gasteiger partial charge in [0.2, 0.25) is 0 Å². The van der Waals surface area contributed by atoms with Crippen molar-refractivity contribution in [3.63, 3.8) is 0 Å². The second-order valence-corrected chi connectivity index (χ2v) is 7.77. The number of methoxy groups -OCH3 is 2. The zero-order chi connectivity index (χ0) is 23.1. The van der Waals surface area contributed by atoms with Crippen LogP contribution in [0.4, 0.5) is 9.80 Å².